The minimum absolute atomic E-state index is 0.558. The molecule has 0 aliphatic carbocycles. The van der Waals surface area contributed by atoms with Gasteiger partial charge in [0.2, 0.25) is 0 Å². The summed E-state index contributed by atoms with van der Waals surface area (Å²) < 4.78 is 0. The van der Waals surface area contributed by atoms with Gasteiger partial charge in [-0.25, -0.2) is 9.97 Å². The summed E-state index contributed by atoms with van der Waals surface area (Å²) in [5.74, 6) is 1.77. The summed E-state index contributed by atoms with van der Waals surface area (Å²) in [6, 6.07) is 2.51. The standard InChI is InChI=1S/C12H22N4/c1-6-10(3)16(5)8-12-14-9(2)7-11(13-4)15-12/h7,10H,6,8H2,1-5H3,(H,13,14,15). The van der Waals surface area contributed by atoms with Crippen molar-refractivity contribution in [3.8, 4) is 0 Å². The normalized spacial score (nSPS) is 12.9. The fourth-order valence-corrected chi connectivity index (χ4v) is 1.52. The van der Waals surface area contributed by atoms with Crippen LogP contribution in [0.25, 0.3) is 0 Å². The molecule has 1 atom stereocenters. The molecule has 1 heterocycles. The van der Waals surface area contributed by atoms with Crippen molar-refractivity contribution in [1.29, 1.82) is 0 Å². The summed E-state index contributed by atoms with van der Waals surface area (Å²) in [6.07, 6.45) is 1.14. The fraction of sp³-hybridized carbons (Fsp3) is 0.667. The summed E-state index contributed by atoms with van der Waals surface area (Å²) in [4.78, 5) is 11.2. The lowest BCUT2D eigenvalue weighted by Crippen LogP contribution is -2.28. The maximum absolute atomic E-state index is 4.45. The Labute approximate surface area is 98.1 Å². The van der Waals surface area contributed by atoms with Gasteiger partial charge < -0.3 is 5.32 Å². The van der Waals surface area contributed by atoms with E-state index in [9.17, 15) is 0 Å². The second kappa shape index (κ2) is 5.80. The van der Waals surface area contributed by atoms with Crippen molar-refractivity contribution in [2.75, 3.05) is 19.4 Å². The third-order valence-electron chi connectivity index (χ3n) is 2.89. The molecule has 1 aromatic rings. The molecule has 16 heavy (non-hydrogen) atoms. The molecule has 0 saturated heterocycles. The lowest BCUT2D eigenvalue weighted by molar-refractivity contribution is 0.238. The summed E-state index contributed by atoms with van der Waals surface area (Å²) >= 11 is 0. The third kappa shape index (κ3) is 3.45. The molecular formula is C12H22N4. The first-order chi connectivity index (χ1) is 7.56. The van der Waals surface area contributed by atoms with E-state index in [2.05, 4.69) is 41.1 Å². The molecule has 0 aliphatic heterocycles. The summed E-state index contributed by atoms with van der Waals surface area (Å²) in [6.45, 7) is 7.20. The molecule has 1 unspecified atom stereocenters. The molecule has 1 rings (SSSR count). The van der Waals surface area contributed by atoms with Crippen molar-refractivity contribution in [2.24, 2.45) is 0 Å². The van der Waals surface area contributed by atoms with Gasteiger partial charge in [-0.05, 0) is 27.3 Å². The summed E-state index contributed by atoms with van der Waals surface area (Å²) in [5, 5.41) is 3.06. The van der Waals surface area contributed by atoms with E-state index in [1.165, 1.54) is 0 Å². The fourth-order valence-electron chi connectivity index (χ4n) is 1.52. The zero-order valence-corrected chi connectivity index (χ0v) is 10.9. The predicted molar refractivity (Wildman–Crippen MR) is 67.5 cm³/mol. The molecule has 0 aliphatic rings. The van der Waals surface area contributed by atoms with Crippen molar-refractivity contribution in [1.82, 2.24) is 14.9 Å². The second-order valence-electron chi connectivity index (χ2n) is 4.23. The molecule has 0 spiro atoms. The predicted octanol–water partition coefficient (Wildman–Crippen LogP) is 2.06. The number of nitrogens with one attached hydrogen (secondary N) is 1. The number of anilines is 1. The Balaban J connectivity index is 2.76. The molecule has 0 bridgehead atoms. The third-order valence-corrected chi connectivity index (χ3v) is 2.89. The van der Waals surface area contributed by atoms with Crippen LogP contribution in [0.3, 0.4) is 0 Å². The van der Waals surface area contributed by atoms with Gasteiger partial charge in [0.25, 0.3) is 0 Å². The number of rotatable bonds is 5. The SMILES string of the molecule is CCC(C)N(C)Cc1nc(C)cc(NC)n1. The van der Waals surface area contributed by atoms with Crippen LogP contribution in [0.4, 0.5) is 5.82 Å². The molecular weight excluding hydrogens is 200 g/mol. The number of aromatic nitrogens is 2. The van der Waals surface area contributed by atoms with Crippen LogP contribution >= 0.6 is 0 Å². The molecule has 4 heteroatoms. The number of aryl methyl sites for hydroxylation is 1. The van der Waals surface area contributed by atoms with Gasteiger partial charge in [-0.3, -0.25) is 4.90 Å². The smallest absolute Gasteiger partial charge is 0.144 e. The van der Waals surface area contributed by atoms with Crippen LogP contribution in [0.15, 0.2) is 6.07 Å². The van der Waals surface area contributed by atoms with Crippen molar-refractivity contribution in [3.63, 3.8) is 0 Å². The zero-order chi connectivity index (χ0) is 12.1. The minimum atomic E-state index is 0.558. The molecule has 0 saturated carbocycles. The Morgan fingerprint density at radius 2 is 2.12 bits per heavy atom. The van der Waals surface area contributed by atoms with Crippen LogP contribution in [0.5, 0.6) is 0 Å². The molecule has 4 nitrogen and oxygen atoms in total. The van der Waals surface area contributed by atoms with Crippen LogP contribution in [-0.2, 0) is 6.54 Å². The van der Waals surface area contributed by atoms with Gasteiger partial charge in [0.1, 0.15) is 11.6 Å². The van der Waals surface area contributed by atoms with E-state index in [0.717, 1.165) is 30.3 Å². The molecule has 90 valence electrons. The molecule has 1 aromatic heterocycles. The highest BCUT2D eigenvalue weighted by molar-refractivity contribution is 5.34. The van der Waals surface area contributed by atoms with Gasteiger partial charge in [0.05, 0.1) is 6.54 Å². The van der Waals surface area contributed by atoms with Gasteiger partial charge >= 0.3 is 0 Å². The van der Waals surface area contributed by atoms with E-state index in [1.54, 1.807) is 0 Å². The minimum Gasteiger partial charge on any atom is -0.373 e. The lowest BCUT2D eigenvalue weighted by Gasteiger charge is -2.22. The highest BCUT2D eigenvalue weighted by Crippen LogP contribution is 2.09. The Morgan fingerprint density at radius 3 is 2.69 bits per heavy atom. The molecule has 0 fully saturated rings. The van der Waals surface area contributed by atoms with Crippen molar-refractivity contribution in [3.05, 3.63) is 17.6 Å². The van der Waals surface area contributed by atoms with Crippen molar-refractivity contribution in [2.45, 2.75) is 39.8 Å². The first kappa shape index (κ1) is 12.9. The van der Waals surface area contributed by atoms with Crippen LogP contribution in [0, 0.1) is 6.92 Å². The van der Waals surface area contributed by atoms with E-state index in [4.69, 9.17) is 0 Å². The van der Waals surface area contributed by atoms with Gasteiger partial charge in [0, 0.05) is 24.8 Å². The van der Waals surface area contributed by atoms with E-state index >= 15 is 0 Å². The number of hydrogen-bond acceptors (Lipinski definition) is 4. The highest BCUT2D eigenvalue weighted by atomic mass is 15.2. The molecule has 0 amide bonds. The monoisotopic (exact) mass is 222 g/mol. The summed E-state index contributed by atoms with van der Waals surface area (Å²) in [5.41, 5.74) is 1.01. The number of nitrogens with zero attached hydrogens (tertiary/aromatic N) is 3. The number of hydrogen-bond donors (Lipinski definition) is 1. The van der Waals surface area contributed by atoms with Crippen LogP contribution in [0.2, 0.25) is 0 Å². The maximum Gasteiger partial charge on any atom is 0.144 e. The van der Waals surface area contributed by atoms with Crippen molar-refractivity contribution >= 4 is 5.82 Å². The van der Waals surface area contributed by atoms with Gasteiger partial charge in [-0.1, -0.05) is 6.92 Å². The van der Waals surface area contributed by atoms with Gasteiger partial charge in [-0.15, -0.1) is 0 Å². The Bertz CT molecular complexity index is 338. The van der Waals surface area contributed by atoms with Crippen molar-refractivity contribution < 1.29 is 0 Å². The lowest BCUT2D eigenvalue weighted by atomic mass is 10.2. The molecule has 0 radical (unpaired) electrons. The Kier molecular flexibility index (Phi) is 4.68. The van der Waals surface area contributed by atoms with E-state index < -0.39 is 0 Å². The Hall–Kier alpha value is -1.16. The van der Waals surface area contributed by atoms with Crippen LogP contribution in [0.1, 0.15) is 31.8 Å². The molecule has 1 N–H and O–H groups in total. The van der Waals surface area contributed by atoms with Crippen LogP contribution in [-0.4, -0.2) is 35.0 Å². The first-order valence-corrected chi connectivity index (χ1v) is 5.79. The van der Waals surface area contributed by atoms with Gasteiger partial charge in [-0.2, -0.15) is 0 Å². The van der Waals surface area contributed by atoms with E-state index in [0.29, 0.717) is 6.04 Å². The first-order valence-electron chi connectivity index (χ1n) is 5.79. The quantitative estimate of drug-likeness (QED) is 0.828. The van der Waals surface area contributed by atoms with E-state index in [1.807, 2.05) is 20.0 Å². The topological polar surface area (TPSA) is 41.1 Å². The second-order valence-corrected chi connectivity index (χ2v) is 4.23. The average molecular weight is 222 g/mol. The average Bonchev–Trinajstić information content (AvgIpc) is 2.26. The molecule has 0 aromatic carbocycles. The summed E-state index contributed by atoms with van der Waals surface area (Å²) in [7, 11) is 3.99. The Morgan fingerprint density at radius 1 is 1.44 bits per heavy atom. The van der Waals surface area contributed by atoms with Crippen LogP contribution < -0.4 is 5.32 Å². The van der Waals surface area contributed by atoms with E-state index in [-0.39, 0.29) is 0 Å². The highest BCUT2D eigenvalue weighted by Gasteiger charge is 2.09. The van der Waals surface area contributed by atoms with Gasteiger partial charge in [0.15, 0.2) is 0 Å². The zero-order valence-electron chi connectivity index (χ0n) is 10.9. The largest absolute Gasteiger partial charge is 0.373 e. The maximum atomic E-state index is 4.45.